The van der Waals surface area contributed by atoms with Crippen LogP contribution >= 0.6 is 0 Å². The molecule has 1 aliphatic rings. The summed E-state index contributed by atoms with van der Waals surface area (Å²) in [7, 11) is 0. The largest absolute Gasteiger partial charge is 0.491 e. The summed E-state index contributed by atoms with van der Waals surface area (Å²) < 4.78 is 28.9. The fourth-order valence-corrected chi connectivity index (χ4v) is 2.30. The molecule has 0 aromatic heterocycles. The number of fused-ring (bicyclic) bond motifs is 1. The number of benzene rings is 2. The van der Waals surface area contributed by atoms with E-state index in [4.69, 9.17) is 14.2 Å². The summed E-state index contributed by atoms with van der Waals surface area (Å²) in [4.78, 5) is 11.9. The van der Waals surface area contributed by atoms with Crippen LogP contribution < -0.4 is 24.8 Å². The van der Waals surface area contributed by atoms with Gasteiger partial charge in [0.15, 0.2) is 11.5 Å². The molecule has 7 heteroatoms. The number of nitrogens with one attached hydrogen (secondary N) is 2. The predicted molar refractivity (Wildman–Crippen MR) is 89.3 cm³/mol. The van der Waals surface area contributed by atoms with Crippen molar-refractivity contribution in [3.63, 3.8) is 0 Å². The van der Waals surface area contributed by atoms with Crippen molar-refractivity contribution in [1.29, 1.82) is 0 Å². The van der Waals surface area contributed by atoms with Gasteiger partial charge < -0.3 is 24.8 Å². The van der Waals surface area contributed by atoms with E-state index in [1.807, 2.05) is 25.1 Å². The van der Waals surface area contributed by atoms with Crippen LogP contribution in [0.4, 0.5) is 9.18 Å². The van der Waals surface area contributed by atoms with Crippen molar-refractivity contribution in [2.45, 2.75) is 19.5 Å². The van der Waals surface area contributed by atoms with Crippen LogP contribution in [0.5, 0.6) is 17.2 Å². The van der Waals surface area contributed by atoms with Gasteiger partial charge in [0, 0.05) is 6.54 Å². The maximum absolute atomic E-state index is 12.8. The zero-order valence-corrected chi connectivity index (χ0v) is 13.8. The molecule has 0 spiro atoms. The predicted octanol–water partition coefficient (Wildman–Crippen LogP) is 2.82. The van der Waals surface area contributed by atoms with Gasteiger partial charge in [-0.15, -0.1) is 0 Å². The Balaban J connectivity index is 1.40. The summed E-state index contributed by atoms with van der Waals surface area (Å²) in [6.45, 7) is 2.69. The summed E-state index contributed by atoms with van der Waals surface area (Å²) in [5.41, 5.74) is 0.912. The van der Waals surface area contributed by atoms with Crippen LogP contribution in [-0.2, 0) is 6.54 Å². The highest BCUT2D eigenvalue weighted by Crippen LogP contribution is 2.32. The van der Waals surface area contributed by atoms with Crippen molar-refractivity contribution in [2.75, 3.05) is 13.4 Å². The number of rotatable bonds is 6. The van der Waals surface area contributed by atoms with E-state index in [0.29, 0.717) is 23.8 Å². The number of ether oxygens (including phenoxy) is 3. The minimum absolute atomic E-state index is 0.207. The maximum Gasteiger partial charge on any atom is 0.315 e. The first kappa shape index (κ1) is 16.9. The van der Waals surface area contributed by atoms with Crippen LogP contribution in [0, 0.1) is 5.82 Å². The van der Waals surface area contributed by atoms with Crippen molar-refractivity contribution in [1.82, 2.24) is 10.6 Å². The summed E-state index contributed by atoms with van der Waals surface area (Å²) >= 11 is 0. The number of hydrogen-bond donors (Lipinski definition) is 2. The molecule has 1 aliphatic heterocycles. The molecule has 25 heavy (non-hydrogen) atoms. The zero-order valence-electron chi connectivity index (χ0n) is 13.8. The highest BCUT2D eigenvalue weighted by molar-refractivity contribution is 5.74. The molecule has 2 N–H and O–H groups in total. The molecule has 0 aliphatic carbocycles. The quantitative estimate of drug-likeness (QED) is 0.844. The third-order valence-electron chi connectivity index (χ3n) is 3.58. The van der Waals surface area contributed by atoms with Crippen molar-refractivity contribution < 1.29 is 23.4 Å². The van der Waals surface area contributed by atoms with Gasteiger partial charge in [-0.1, -0.05) is 6.07 Å². The molecule has 0 fully saturated rings. The highest BCUT2D eigenvalue weighted by atomic mass is 19.1. The Bertz CT molecular complexity index is 736. The van der Waals surface area contributed by atoms with Gasteiger partial charge in [0.25, 0.3) is 0 Å². The lowest BCUT2D eigenvalue weighted by molar-refractivity contribution is 0.174. The van der Waals surface area contributed by atoms with E-state index < -0.39 is 0 Å². The van der Waals surface area contributed by atoms with Gasteiger partial charge in [-0.2, -0.15) is 0 Å². The second-order valence-corrected chi connectivity index (χ2v) is 5.68. The number of halogens is 1. The molecule has 2 aromatic carbocycles. The van der Waals surface area contributed by atoms with Crippen LogP contribution in [0.1, 0.15) is 12.5 Å². The molecular weight excluding hydrogens is 327 g/mol. The lowest BCUT2D eigenvalue weighted by Gasteiger charge is -2.15. The average molecular weight is 346 g/mol. The maximum atomic E-state index is 12.8. The molecule has 1 unspecified atom stereocenters. The van der Waals surface area contributed by atoms with Gasteiger partial charge in [-0.25, -0.2) is 9.18 Å². The summed E-state index contributed by atoms with van der Waals surface area (Å²) in [5, 5.41) is 5.55. The first-order valence-electron chi connectivity index (χ1n) is 7.91. The molecule has 1 atom stereocenters. The third-order valence-corrected chi connectivity index (χ3v) is 3.58. The minimum atomic E-state index is -0.318. The Hall–Kier alpha value is -2.96. The lowest BCUT2D eigenvalue weighted by atomic mass is 10.2. The van der Waals surface area contributed by atoms with E-state index in [1.165, 1.54) is 12.1 Å². The second-order valence-electron chi connectivity index (χ2n) is 5.68. The van der Waals surface area contributed by atoms with Crippen LogP contribution in [0.15, 0.2) is 42.5 Å². The number of amides is 2. The average Bonchev–Trinajstić information content (AvgIpc) is 3.07. The van der Waals surface area contributed by atoms with Gasteiger partial charge in [0.1, 0.15) is 18.2 Å². The van der Waals surface area contributed by atoms with Crippen LogP contribution in [0.25, 0.3) is 0 Å². The molecule has 2 amide bonds. The zero-order chi connectivity index (χ0) is 17.6. The first-order chi connectivity index (χ1) is 12.1. The lowest BCUT2D eigenvalue weighted by Crippen LogP contribution is -2.42. The topological polar surface area (TPSA) is 68.8 Å². The van der Waals surface area contributed by atoms with Crippen molar-refractivity contribution in [2.24, 2.45) is 0 Å². The smallest absolute Gasteiger partial charge is 0.315 e. The Labute approximate surface area is 144 Å². The van der Waals surface area contributed by atoms with E-state index in [9.17, 15) is 9.18 Å². The normalized spacial score (nSPS) is 13.2. The molecule has 1 heterocycles. The van der Waals surface area contributed by atoms with Crippen LogP contribution in [-0.4, -0.2) is 25.5 Å². The molecule has 0 saturated heterocycles. The summed E-state index contributed by atoms with van der Waals surface area (Å²) in [6.07, 6.45) is 0. The molecular formula is C18H19FN2O4. The van der Waals surface area contributed by atoms with E-state index in [0.717, 1.165) is 5.56 Å². The van der Waals surface area contributed by atoms with E-state index in [1.54, 1.807) is 12.1 Å². The Kier molecular flexibility index (Phi) is 5.23. The van der Waals surface area contributed by atoms with Gasteiger partial charge in [0.05, 0.1) is 6.04 Å². The van der Waals surface area contributed by atoms with E-state index in [2.05, 4.69) is 10.6 Å². The van der Waals surface area contributed by atoms with Gasteiger partial charge in [-0.3, -0.25) is 0 Å². The Morgan fingerprint density at radius 1 is 1.20 bits per heavy atom. The molecule has 0 radical (unpaired) electrons. The molecule has 2 aromatic rings. The number of carbonyl (C=O) groups excluding carboxylic acids is 1. The SMILES string of the molecule is CC(COc1ccc(F)cc1)NC(=O)NCc1ccc2c(c1)OCO2. The first-order valence-corrected chi connectivity index (χ1v) is 7.91. The van der Waals surface area contributed by atoms with Crippen LogP contribution in [0.3, 0.4) is 0 Å². The molecule has 0 saturated carbocycles. The van der Waals surface area contributed by atoms with Gasteiger partial charge in [0.2, 0.25) is 6.79 Å². The van der Waals surface area contributed by atoms with E-state index >= 15 is 0 Å². The number of urea groups is 1. The van der Waals surface area contributed by atoms with Crippen molar-refractivity contribution in [3.8, 4) is 17.2 Å². The van der Waals surface area contributed by atoms with E-state index in [-0.39, 0.29) is 31.3 Å². The standard InChI is InChI=1S/C18H19FN2O4/c1-12(10-23-15-5-3-14(19)4-6-15)21-18(22)20-9-13-2-7-16-17(8-13)25-11-24-16/h2-8,12H,9-11H2,1H3,(H2,20,21,22). The van der Waals surface area contributed by atoms with Crippen LogP contribution in [0.2, 0.25) is 0 Å². The molecule has 132 valence electrons. The van der Waals surface area contributed by atoms with Gasteiger partial charge >= 0.3 is 6.03 Å². The number of hydrogen-bond acceptors (Lipinski definition) is 4. The molecule has 0 bridgehead atoms. The van der Waals surface area contributed by atoms with Crippen molar-refractivity contribution in [3.05, 3.63) is 53.8 Å². The van der Waals surface area contributed by atoms with Crippen molar-refractivity contribution >= 4 is 6.03 Å². The number of carbonyl (C=O) groups is 1. The molecule has 6 nitrogen and oxygen atoms in total. The fraction of sp³-hybridized carbons (Fsp3) is 0.278. The monoisotopic (exact) mass is 346 g/mol. The Morgan fingerprint density at radius 2 is 1.96 bits per heavy atom. The third kappa shape index (κ3) is 4.76. The highest BCUT2D eigenvalue weighted by Gasteiger charge is 2.14. The fourth-order valence-electron chi connectivity index (χ4n) is 2.30. The minimum Gasteiger partial charge on any atom is -0.491 e. The summed E-state index contributed by atoms with van der Waals surface area (Å²) in [6, 6.07) is 10.8. The molecule has 3 rings (SSSR count). The second kappa shape index (κ2) is 7.74. The van der Waals surface area contributed by atoms with Gasteiger partial charge in [-0.05, 0) is 48.9 Å². The summed E-state index contributed by atoms with van der Waals surface area (Å²) in [5.74, 6) is 1.62. The Morgan fingerprint density at radius 3 is 2.76 bits per heavy atom.